The van der Waals surface area contributed by atoms with E-state index in [1.165, 1.54) is 0 Å². The molecule has 1 N–H and O–H groups in total. The third-order valence-electron chi connectivity index (χ3n) is 3.17. The van der Waals surface area contributed by atoms with Gasteiger partial charge in [-0.3, -0.25) is 0 Å². The summed E-state index contributed by atoms with van der Waals surface area (Å²) in [5, 5.41) is 10.5. The molecule has 0 radical (unpaired) electrons. The highest BCUT2D eigenvalue weighted by Gasteiger charge is 2.14. The summed E-state index contributed by atoms with van der Waals surface area (Å²) in [4.78, 5) is 2.09. The molecule has 1 unspecified atom stereocenters. The van der Waals surface area contributed by atoms with Gasteiger partial charge in [0.15, 0.2) is 0 Å². The summed E-state index contributed by atoms with van der Waals surface area (Å²) in [6, 6.07) is 15.6. The number of ether oxygens (including phenoxy) is 1. The first-order chi connectivity index (χ1) is 10.1. The van der Waals surface area contributed by atoms with Crippen molar-refractivity contribution in [3.05, 3.63) is 59.1 Å². The third kappa shape index (κ3) is 4.38. The zero-order valence-corrected chi connectivity index (χ0v) is 13.0. The van der Waals surface area contributed by atoms with Gasteiger partial charge >= 0.3 is 0 Å². The van der Waals surface area contributed by atoms with Gasteiger partial charge < -0.3 is 14.7 Å². The number of aliphatic hydroxyl groups excluding tert-OH is 1. The highest BCUT2D eigenvalue weighted by Crippen LogP contribution is 2.29. The standard InChI is InChI=1S/C17H20ClNO2/c1-13(20)11-19(12-14-6-5-7-15(18)10-14)16-8-3-4-9-17(16)21-2/h3-10,13,20H,11-12H2,1-2H3. The van der Waals surface area contributed by atoms with Gasteiger partial charge in [-0.2, -0.15) is 0 Å². The van der Waals surface area contributed by atoms with E-state index in [4.69, 9.17) is 16.3 Å². The summed E-state index contributed by atoms with van der Waals surface area (Å²) in [5.41, 5.74) is 2.05. The van der Waals surface area contributed by atoms with Gasteiger partial charge in [0.05, 0.1) is 18.9 Å². The SMILES string of the molecule is COc1ccccc1N(Cc1cccc(Cl)c1)CC(C)O. The van der Waals surface area contributed by atoms with Crippen LogP contribution in [0.1, 0.15) is 12.5 Å². The Balaban J connectivity index is 2.30. The number of benzene rings is 2. The first-order valence-corrected chi connectivity index (χ1v) is 7.28. The Kier molecular flexibility index (Phi) is 5.48. The zero-order chi connectivity index (χ0) is 15.2. The molecule has 0 saturated heterocycles. The smallest absolute Gasteiger partial charge is 0.142 e. The van der Waals surface area contributed by atoms with Crippen LogP contribution in [-0.2, 0) is 6.54 Å². The molecule has 0 spiro atoms. The van der Waals surface area contributed by atoms with Crippen LogP contribution in [0.25, 0.3) is 0 Å². The van der Waals surface area contributed by atoms with Gasteiger partial charge in [-0.25, -0.2) is 0 Å². The van der Waals surface area contributed by atoms with Gasteiger partial charge in [-0.05, 0) is 36.8 Å². The molecule has 0 aliphatic carbocycles. The van der Waals surface area contributed by atoms with Crippen LogP contribution in [0, 0.1) is 0 Å². The number of para-hydroxylation sites is 2. The number of hydrogen-bond donors (Lipinski definition) is 1. The molecule has 112 valence electrons. The van der Waals surface area contributed by atoms with Crippen molar-refractivity contribution in [1.29, 1.82) is 0 Å². The number of halogens is 1. The van der Waals surface area contributed by atoms with E-state index < -0.39 is 6.10 Å². The summed E-state index contributed by atoms with van der Waals surface area (Å²) in [6.45, 7) is 2.96. The van der Waals surface area contributed by atoms with Crippen molar-refractivity contribution in [3.8, 4) is 5.75 Å². The molecule has 2 rings (SSSR count). The van der Waals surface area contributed by atoms with Gasteiger partial charge in [0.25, 0.3) is 0 Å². The average molecular weight is 306 g/mol. The highest BCUT2D eigenvalue weighted by atomic mass is 35.5. The van der Waals surface area contributed by atoms with Crippen molar-refractivity contribution in [2.24, 2.45) is 0 Å². The molecule has 0 aliphatic rings. The quantitative estimate of drug-likeness (QED) is 0.882. The number of rotatable bonds is 6. The normalized spacial score (nSPS) is 12.0. The Bertz CT molecular complexity index is 587. The van der Waals surface area contributed by atoms with Crippen LogP contribution >= 0.6 is 11.6 Å². The molecule has 0 bridgehead atoms. The second-order valence-electron chi connectivity index (χ2n) is 5.03. The van der Waals surface area contributed by atoms with Gasteiger partial charge in [0, 0.05) is 18.1 Å². The lowest BCUT2D eigenvalue weighted by molar-refractivity contribution is 0.199. The predicted octanol–water partition coefficient (Wildman–Crippen LogP) is 3.74. The Morgan fingerprint density at radius 2 is 1.95 bits per heavy atom. The predicted molar refractivity (Wildman–Crippen MR) is 87.2 cm³/mol. The minimum Gasteiger partial charge on any atom is -0.495 e. The number of aliphatic hydroxyl groups is 1. The molecule has 0 amide bonds. The minimum atomic E-state index is -0.436. The topological polar surface area (TPSA) is 32.7 Å². The molecular weight excluding hydrogens is 286 g/mol. The molecule has 3 nitrogen and oxygen atoms in total. The summed E-state index contributed by atoms with van der Waals surface area (Å²) in [7, 11) is 1.65. The third-order valence-corrected chi connectivity index (χ3v) is 3.41. The molecule has 0 aliphatic heterocycles. The van der Waals surface area contributed by atoms with Crippen molar-refractivity contribution in [3.63, 3.8) is 0 Å². The first kappa shape index (κ1) is 15.7. The molecule has 2 aromatic rings. The van der Waals surface area contributed by atoms with Crippen molar-refractivity contribution in [2.75, 3.05) is 18.6 Å². The molecule has 4 heteroatoms. The van der Waals surface area contributed by atoms with Crippen LogP contribution in [0.2, 0.25) is 5.02 Å². The van der Waals surface area contributed by atoms with E-state index in [9.17, 15) is 5.11 Å². The Labute approximate surface area is 130 Å². The van der Waals surface area contributed by atoms with Crippen LogP contribution in [-0.4, -0.2) is 24.9 Å². The molecule has 0 saturated carbocycles. The second-order valence-corrected chi connectivity index (χ2v) is 5.47. The van der Waals surface area contributed by atoms with E-state index in [1.807, 2.05) is 48.5 Å². The maximum absolute atomic E-state index is 9.77. The maximum atomic E-state index is 9.77. The van der Waals surface area contributed by atoms with Crippen molar-refractivity contribution >= 4 is 17.3 Å². The van der Waals surface area contributed by atoms with E-state index in [2.05, 4.69) is 4.90 Å². The lowest BCUT2D eigenvalue weighted by Crippen LogP contribution is -2.30. The Hall–Kier alpha value is -1.71. The minimum absolute atomic E-state index is 0.436. The fourth-order valence-electron chi connectivity index (χ4n) is 2.31. The molecule has 0 heterocycles. The molecular formula is C17H20ClNO2. The number of methoxy groups -OCH3 is 1. The molecule has 21 heavy (non-hydrogen) atoms. The molecule has 0 fully saturated rings. The van der Waals surface area contributed by atoms with Crippen LogP contribution in [0.3, 0.4) is 0 Å². The van der Waals surface area contributed by atoms with Crippen LogP contribution in [0.4, 0.5) is 5.69 Å². The maximum Gasteiger partial charge on any atom is 0.142 e. The second kappa shape index (κ2) is 7.34. The Morgan fingerprint density at radius 3 is 2.62 bits per heavy atom. The van der Waals surface area contributed by atoms with Gasteiger partial charge in [0.1, 0.15) is 5.75 Å². The summed E-state index contributed by atoms with van der Waals surface area (Å²) in [6.07, 6.45) is -0.436. The monoisotopic (exact) mass is 305 g/mol. The molecule has 2 aromatic carbocycles. The van der Waals surface area contributed by atoms with E-state index in [0.29, 0.717) is 18.1 Å². The summed E-state index contributed by atoms with van der Waals surface area (Å²) >= 11 is 6.05. The van der Waals surface area contributed by atoms with Gasteiger partial charge in [0.2, 0.25) is 0 Å². The van der Waals surface area contributed by atoms with Crippen molar-refractivity contribution in [2.45, 2.75) is 19.6 Å². The lowest BCUT2D eigenvalue weighted by Gasteiger charge is -2.28. The van der Waals surface area contributed by atoms with Crippen LogP contribution < -0.4 is 9.64 Å². The van der Waals surface area contributed by atoms with E-state index in [1.54, 1.807) is 14.0 Å². The largest absolute Gasteiger partial charge is 0.495 e. The van der Waals surface area contributed by atoms with Crippen LogP contribution in [0.5, 0.6) is 5.75 Å². The summed E-state index contributed by atoms with van der Waals surface area (Å²) < 4.78 is 5.42. The van der Waals surface area contributed by atoms with Crippen molar-refractivity contribution in [1.82, 2.24) is 0 Å². The zero-order valence-electron chi connectivity index (χ0n) is 12.3. The van der Waals surface area contributed by atoms with E-state index >= 15 is 0 Å². The molecule has 1 atom stereocenters. The number of nitrogens with zero attached hydrogens (tertiary/aromatic N) is 1. The Morgan fingerprint density at radius 1 is 1.19 bits per heavy atom. The first-order valence-electron chi connectivity index (χ1n) is 6.90. The highest BCUT2D eigenvalue weighted by molar-refractivity contribution is 6.30. The lowest BCUT2D eigenvalue weighted by atomic mass is 10.1. The van der Waals surface area contributed by atoms with Gasteiger partial charge in [-0.15, -0.1) is 0 Å². The van der Waals surface area contributed by atoms with Crippen molar-refractivity contribution < 1.29 is 9.84 Å². The fourth-order valence-corrected chi connectivity index (χ4v) is 2.53. The average Bonchev–Trinajstić information content (AvgIpc) is 2.46. The molecule has 0 aromatic heterocycles. The number of hydrogen-bond acceptors (Lipinski definition) is 3. The van der Waals surface area contributed by atoms with Crippen LogP contribution in [0.15, 0.2) is 48.5 Å². The van der Waals surface area contributed by atoms with E-state index in [0.717, 1.165) is 17.0 Å². The van der Waals surface area contributed by atoms with Gasteiger partial charge in [-0.1, -0.05) is 35.9 Å². The fraction of sp³-hybridized carbons (Fsp3) is 0.294. The number of anilines is 1. The summed E-state index contributed by atoms with van der Waals surface area (Å²) in [5.74, 6) is 0.792. The van der Waals surface area contributed by atoms with E-state index in [-0.39, 0.29) is 0 Å².